The van der Waals surface area contributed by atoms with Gasteiger partial charge in [-0.25, -0.2) is 9.59 Å². The van der Waals surface area contributed by atoms with Crippen molar-refractivity contribution in [2.75, 3.05) is 18.6 Å². The van der Waals surface area contributed by atoms with Crippen molar-refractivity contribution in [1.29, 1.82) is 0 Å². The van der Waals surface area contributed by atoms with Gasteiger partial charge in [0.25, 0.3) is 11.8 Å². The Kier molecular flexibility index (Phi) is 9.34. The first-order valence-corrected chi connectivity index (χ1v) is 15.7. The maximum absolute atomic E-state index is 13.0. The summed E-state index contributed by atoms with van der Waals surface area (Å²) in [5.41, 5.74) is 1.70. The zero-order chi connectivity index (χ0) is 30.7. The number of methoxy groups -OCH3 is 1. The number of amides is 2. The number of carbonyl (C=O) groups is 4. The molecule has 0 saturated carbocycles. The summed E-state index contributed by atoms with van der Waals surface area (Å²) in [6, 6.07) is 11.8. The van der Waals surface area contributed by atoms with E-state index in [0.29, 0.717) is 27.2 Å². The van der Waals surface area contributed by atoms with Crippen LogP contribution in [0.3, 0.4) is 0 Å². The molecule has 12 nitrogen and oxygen atoms in total. The Morgan fingerprint density at radius 2 is 1.86 bits per heavy atom. The number of hydrogen-bond donors (Lipinski definition) is 3. The smallest absolute Gasteiger partial charge is 0.352 e. The molecule has 1 saturated heterocycles. The van der Waals surface area contributed by atoms with Crippen LogP contribution in [0.1, 0.15) is 32.6 Å². The SMILES string of the molecule is COc1ccc(COC(=O)c2ccc(C(O)C(=O)NC3C(=O)N4C(C(=O)O)=C(CSc5nnc(C)s5)CS[C@@H]34)cc2)cc1. The topological polar surface area (TPSA) is 168 Å². The zero-order valence-electron chi connectivity index (χ0n) is 22.9. The Hall–Kier alpha value is -3.92. The molecule has 0 bridgehead atoms. The van der Waals surface area contributed by atoms with Crippen molar-refractivity contribution in [3.8, 4) is 5.75 Å². The van der Waals surface area contributed by atoms with Gasteiger partial charge in [-0.15, -0.1) is 22.0 Å². The molecule has 2 unspecified atom stereocenters. The van der Waals surface area contributed by atoms with E-state index in [1.165, 1.54) is 64.0 Å². The molecule has 0 aliphatic carbocycles. The Morgan fingerprint density at radius 1 is 1.14 bits per heavy atom. The van der Waals surface area contributed by atoms with Crippen LogP contribution >= 0.6 is 34.9 Å². The highest BCUT2D eigenvalue weighted by Crippen LogP contribution is 2.42. The summed E-state index contributed by atoms with van der Waals surface area (Å²) in [7, 11) is 1.56. The van der Waals surface area contributed by atoms with Crippen LogP contribution < -0.4 is 10.1 Å². The van der Waals surface area contributed by atoms with E-state index in [4.69, 9.17) is 9.47 Å². The molecule has 0 spiro atoms. The number of rotatable bonds is 11. The van der Waals surface area contributed by atoms with Crippen LogP contribution in [0, 0.1) is 6.92 Å². The van der Waals surface area contributed by atoms with Gasteiger partial charge in [0.15, 0.2) is 10.4 Å². The van der Waals surface area contributed by atoms with Gasteiger partial charge in [0.05, 0.1) is 12.7 Å². The number of carboxylic acid groups (broad SMARTS) is 1. The predicted molar refractivity (Wildman–Crippen MR) is 159 cm³/mol. The molecule has 43 heavy (non-hydrogen) atoms. The number of thioether (sulfide) groups is 2. The van der Waals surface area contributed by atoms with Gasteiger partial charge < -0.3 is 25.0 Å². The molecule has 3 heterocycles. The summed E-state index contributed by atoms with van der Waals surface area (Å²) < 4.78 is 11.1. The number of aryl methyl sites for hydroxylation is 1. The van der Waals surface area contributed by atoms with Crippen LogP contribution in [0.15, 0.2) is 64.1 Å². The highest BCUT2D eigenvalue weighted by Gasteiger charge is 2.54. The number of ether oxygens (including phenoxy) is 2. The number of aliphatic hydroxyl groups is 1. The molecule has 2 amide bonds. The number of β-lactam (4-membered cyclic amide) rings is 1. The molecule has 224 valence electrons. The molecular weight excluding hydrogens is 617 g/mol. The van der Waals surface area contributed by atoms with Crippen LogP contribution in [0.4, 0.5) is 0 Å². The summed E-state index contributed by atoms with van der Waals surface area (Å²) in [6.07, 6.45) is -1.61. The van der Waals surface area contributed by atoms with E-state index < -0.39 is 41.3 Å². The molecule has 1 aromatic heterocycles. The molecule has 15 heteroatoms. The third kappa shape index (κ3) is 6.69. The van der Waals surface area contributed by atoms with Crippen LogP contribution in [0.25, 0.3) is 0 Å². The summed E-state index contributed by atoms with van der Waals surface area (Å²) in [5, 5.41) is 31.2. The lowest BCUT2D eigenvalue weighted by molar-refractivity contribution is -0.151. The minimum Gasteiger partial charge on any atom is -0.497 e. The van der Waals surface area contributed by atoms with E-state index >= 15 is 0 Å². The molecule has 2 aliphatic rings. The summed E-state index contributed by atoms with van der Waals surface area (Å²) >= 11 is 4.09. The highest BCUT2D eigenvalue weighted by atomic mass is 32.2. The van der Waals surface area contributed by atoms with E-state index in [1.807, 2.05) is 6.92 Å². The molecule has 0 radical (unpaired) electrons. The van der Waals surface area contributed by atoms with Gasteiger partial charge in [0, 0.05) is 11.5 Å². The lowest BCUT2D eigenvalue weighted by Crippen LogP contribution is -2.70. The molecular formula is C28H26N4O8S3. The lowest BCUT2D eigenvalue weighted by Gasteiger charge is -2.49. The van der Waals surface area contributed by atoms with Crippen molar-refractivity contribution in [3.63, 3.8) is 0 Å². The van der Waals surface area contributed by atoms with Crippen LogP contribution in [0.2, 0.25) is 0 Å². The fourth-order valence-electron chi connectivity index (χ4n) is 4.42. The number of carbonyl (C=O) groups excluding carboxylic acids is 3. The Morgan fingerprint density at radius 3 is 2.49 bits per heavy atom. The van der Waals surface area contributed by atoms with E-state index in [0.717, 1.165) is 10.6 Å². The second-order valence-electron chi connectivity index (χ2n) is 9.48. The van der Waals surface area contributed by atoms with Gasteiger partial charge in [0.1, 0.15) is 34.5 Å². The quantitative estimate of drug-likeness (QED) is 0.159. The molecule has 1 fully saturated rings. The highest BCUT2D eigenvalue weighted by molar-refractivity contribution is 8.01. The van der Waals surface area contributed by atoms with E-state index in [9.17, 15) is 29.4 Å². The second kappa shape index (κ2) is 13.2. The minimum atomic E-state index is -1.61. The average molecular weight is 643 g/mol. The van der Waals surface area contributed by atoms with Crippen LogP contribution in [0.5, 0.6) is 5.75 Å². The van der Waals surface area contributed by atoms with Crippen LogP contribution in [-0.2, 0) is 25.7 Å². The molecule has 3 aromatic rings. The normalized spacial score (nSPS) is 18.4. The number of hydrogen-bond acceptors (Lipinski definition) is 12. The first-order chi connectivity index (χ1) is 20.7. The Bertz CT molecular complexity index is 1580. The summed E-state index contributed by atoms with van der Waals surface area (Å²) in [4.78, 5) is 51.5. The number of aliphatic carboxylic acids is 1. The number of nitrogens with one attached hydrogen (secondary N) is 1. The maximum atomic E-state index is 13.0. The van der Waals surface area contributed by atoms with Gasteiger partial charge >= 0.3 is 11.9 Å². The van der Waals surface area contributed by atoms with Gasteiger partial charge in [-0.3, -0.25) is 14.5 Å². The van der Waals surface area contributed by atoms with E-state index in [1.54, 1.807) is 31.4 Å². The maximum Gasteiger partial charge on any atom is 0.352 e. The summed E-state index contributed by atoms with van der Waals surface area (Å²) in [5.74, 6) is -1.82. The molecule has 3 N–H and O–H groups in total. The number of nitrogens with zero attached hydrogens (tertiary/aromatic N) is 3. The van der Waals surface area contributed by atoms with Gasteiger partial charge in [-0.1, -0.05) is 47.4 Å². The van der Waals surface area contributed by atoms with E-state index in [2.05, 4.69) is 15.5 Å². The molecule has 3 atom stereocenters. The lowest BCUT2D eigenvalue weighted by atomic mass is 10.0. The first-order valence-electron chi connectivity index (χ1n) is 12.9. The largest absolute Gasteiger partial charge is 0.497 e. The van der Waals surface area contributed by atoms with Crippen molar-refractivity contribution >= 4 is 58.6 Å². The van der Waals surface area contributed by atoms with Gasteiger partial charge in [-0.05, 0) is 47.9 Å². The monoisotopic (exact) mass is 642 g/mol. The number of fused-ring (bicyclic) bond motifs is 1. The molecule has 2 aromatic carbocycles. The van der Waals surface area contributed by atoms with Crippen molar-refractivity contribution < 1.29 is 38.9 Å². The van der Waals surface area contributed by atoms with Crippen molar-refractivity contribution in [1.82, 2.24) is 20.4 Å². The Labute approximate surface area is 258 Å². The number of aromatic nitrogens is 2. The fourth-order valence-corrected chi connectivity index (χ4v) is 7.72. The van der Waals surface area contributed by atoms with E-state index in [-0.39, 0.29) is 23.4 Å². The third-order valence-corrected chi connectivity index (χ3v) is 10.1. The fraction of sp³-hybridized carbons (Fsp3) is 0.286. The summed E-state index contributed by atoms with van der Waals surface area (Å²) in [6.45, 7) is 1.88. The first kappa shape index (κ1) is 30.5. The minimum absolute atomic E-state index is 0.0589. The third-order valence-electron chi connectivity index (χ3n) is 6.66. The molecule has 5 rings (SSSR count). The Balaban J connectivity index is 1.16. The predicted octanol–water partition coefficient (Wildman–Crippen LogP) is 2.78. The van der Waals surface area contributed by atoms with Crippen molar-refractivity contribution in [3.05, 3.63) is 81.5 Å². The number of esters is 1. The number of aliphatic hydroxyl groups excluding tert-OH is 1. The number of carboxylic acids is 1. The van der Waals surface area contributed by atoms with Crippen LogP contribution in [-0.4, -0.2) is 79.1 Å². The standard InChI is InChI=1S/C28H26N4O8S3/c1-14-30-31-28(43-14)42-13-18-12-41-25-20(24(35)32(25)21(18)26(36)37)29-23(34)22(33)16-5-7-17(8-6-16)27(38)40-11-15-3-9-19(39-2)10-4-15/h3-10,20,22,25,33H,11-13H2,1-2H3,(H,29,34)(H,36,37)/t20?,22?,25-/m0/s1. The van der Waals surface area contributed by atoms with Crippen molar-refractivity contribution in [2.45, 2.75) is 35.4 Å². The zero-order valence-corrected chi connectivity index (χ0v) is 25.3. The average Bonchev–Trinajstić information content (AvgIpc) is 3.45. The van der Waals surface area contributed by atoms with Gasteiger partial charge in [-0.2, -0.15) is 0 Å². The molecule has 2 aliphatic heterocycles. The van der Waals surface area contributed by atoms with Crippen molar-refractivity contribution in [2.24, 2.45) is 0 Å². The van der Waals surface area contributed by atoms with Gasteiger partial charge in [0.2, 0.25) is 0 Å². The number of benzene rings is 2. The second-order valence-corrected chi connectivity index (χ2v) is 13.0.